The monoisotopic (exact) mass is 267 g/mol. The molecule has 20 heavy (non-hydrogen) atoms. The molecule has 0 fully saturated rings. The molecule has 2 heteroatoms. The Bertz CT molecular complexity index is 617. The van der Waals surface area contributed by atoms with Crippen LogP contribution in [0.5, 0.6) is 5.75 Å². The van der Waals surface area contributed by atoms with E-state index in [1.807, 2.05) is 24.3 Å². The van der Waals surface area contributed by atoms with Crippen LogP contribution in [-0.2, 0) is 13.0 Å². The van der Waals surface area contributed by atoms with Crippen LogP contribution in [0, 0.1) is 13.8 Å². The normalized spacial score (nSPS) is 10.3. The molecule has 2 nitrogen and oxygen atoms in total. The van der Waals surface area contributed by atoms with Gasteiger partial charge in [-0.15, -0.1) is 6.58 Å². The van der Waals surface area contributed by atoms with Gasteiger partial charge in [0.25, 0.3) is 0 Å². The summed E-state index contributed by atoms with van der Waals surface area (Å²) in [5.74, 6) is 0.875. The van der Waals surface area contributed by atoms with Gasteiger partial charge >= 0.3 is 0 Å². The summed E-state index contributed by atoms with van der Waals surface area (Å²) in [5.41, 5.74) is 11.4. The van der Waals surface area contributed by atoms with Gasteiger partial charge in [0.05, 0.1) is 0 Å². The van der Waals surface area contributed by atoms with E-state index in [1.54, 1.807) is 0 Å². The largest absolute Gasteiger partial charge is 0.489 e. The van der Waals surface area contributed by atoms with Crippen molar-refractivity contribution in [3.8, 4) is 5.75 Å². The molecule has 0 saturated carbocycles. The predicted molar refractivity (Wildman–Crippen MR) is 85.0 cm³/mol. The molecular formula is C18H21NO. The maximum absolute atomic E-state index is 5.96. The Hall–Kier alpha value is -2.22. The van der Waals surface area contributed by atoms with E-state index in [4.69, 9.17) is 10.5 Å². The van der Waals surface area contributed by atoms with E-state index in [2.05, 4.69) is 38.6 Å². The van der Waals surface area contributed by atoms with Gasteiger partial charge in [-0.3, -0.25) is 0 Å². The number of hydrogen-bond donors (Lipinski definition) is 1. The molecule has 0 aliphatic heterocycles. The van der Waals surface area contributed by atoms with Gasteiger partial charge < -0.3 is 10.5 Å². The number of hydrogen-bond acceptors (Lipinski definition) is 2. The molecule has 2 N–H and O–H groups in total. The summed E-state index contributed by atoms with van der Waals surface area (Å²) in [7, 11) is 0. The number of rotatable bonds is 5. The molecular weight excluding hydrogens is 246 g/mol. The highest BCUT2D eigenvalue weighted by Gasteiger charge is 2.05. The molecule has 0 aliphatic rings. The minimum Gasteiger partial charge on any atom is -0.489 e. The Morgan fingerprint density at radius 2 is 1.90 bits per heavy atom. The van der Waals surface area contributed by atoms with Crippen LogP contribution in [0.3, 0.4) is 0 Å². The second kappa shape index (κ2) is 6.29. The number of allylic oxidation sites excluding steroid dienone is 1. The van der Waals surface area contributed by atoms with Gasteiger partial charge in [-0.25, -0.2) is 0 Å². The average Bonchev–Trinajstić information content (AvgIpc) is 2.42. The van der Waals surface area contributed by atoms with Crippen LogP contribution in [0.2, 0.25) is 0 Å². The van der Waals surface area contributed by atoms with Gasteiger partial charge in [-0.05, 0) is 55.2 Å². The van der Waals surface area contributed by atoms with Gasteiger partial charge in [-0.1, -0.05) is 29.8 Å². The van der Waals surface area contributed by atoms with Crippen molar-refractivity contribution in [2.75, 3.05) is 5.73 Å². The lowest BCUT2D eigenvalue weighted by atomic mass is 10.1. The van der Waals surface area contributed by atoms with Crippen molar-refractivity contribution in [1.29, 1.82) is 0 Å². The fourth-order valence-electron chi connectivity index (χ4n) is 2.17. The Morgan fingerprint density at radius 3 is 2.65 bits per heavy atom. The molecule has 0 aliphatic carbocycles. The molecule has 2 aromatic carbocycles. The van der Waals surface area contributed by atoms with Crippen LogP contribution in [-0.4, -0.2) is 0 Å². The second-order valence-corrected chi connectivity index (χ2v) is 5.08. The Balaban J connectivity index is 2.18. The van der Waals surface area contributed by atoms with E-state index in [0.717, 1.165) is 23.4 Å². The van der Waals surface area contributed by atoms with Crippen molar-refractivity contribution in [3.05, 3.63) is 71.3 Å². The van der Waals surface area contributed by atoms with Crippen LogP contribution < -0.4 is 10.5 Å². The van der Waals surface area contributed by atoms with Crippen molar-refractivity contribution in [2.24, 2.45) is 0 Å². The van der Waals surface area contributed by atoms with Crippen molar-refractivity contribution in [1.82, 2.24) is 0 Å². The molecule has 0 radical (unpaired) electrons. The molecule has 0 amide bonds. The zero-order valence-electron chi connectivity index (χ0n) is 12.1. The first-order chi connectivity index (χ1) is 9.60. The Morgan fingerprint density at radius 1 is 1.10 bits per heavy atom. The molecule has 2 rings (SSSR count). The van der Waals surface area contributed by atoms with E-state index < -0.39 is 0 Å². The fraction of sp³-hybridized carbons (Fsp3) is 0.222. The van der Waals surface area contributed by atoms with Crippen LogP contribution in [0.1, 0.15) is 22.3 Å². The molecule has 0 heterocycles. The quantitative estimate of drug-likeness (QED) is 0.651. The number of nitrogen functional groups attached to an aromatic ring is 1. The molecule has 0 unspecified atom stereocenters. The third kappa shape index (κ3) is 3.41. The summed E-state index contributed by atoms with van der Waals surface area (Å²) in [5, 5.41) is 0. The third-order valence-electron chi connectivity index (χ3n) is 3.34. The highest BCUT2D eigenvalue weighted by atomic mass is 16.5. The maximum atomic E-state index is 5.96. The number of anilines is 1. The lowest BCUT2D eigenvalue weighted by Crippen LogP contribution is -2.01. The third-order valence-corrected chi connectivity index (χ3v) is 3.34. The van der Waals surface area contributed by atoms with Gasteiger partial charge in [0.1, 0.15) is 12.4 Å². The maximum Gasteiger partial charge on any atom is 0.123 e. The minimum absolute atomic E-state index is 0.571. The van der Waals surface area contributed by atoms with E-state index in [0.29, 0.717) is 6.61 Å². The number of nitrogens with two attached hydrogens (primary N) is 1. The van der Waals surface area contributed by atoms with Gasteiger partial charge in [-0.2, -0.15) is 0 Å². The minimum atomic E-state index is 0.571. The average molecular weight is 267 g/mol. The van der Waals surface area contributed by atoms with E-state index in [9.17, 15) is 0 Å². The van der Waals surface area contributed by atoms with E-state index in [-0.39, 0.29) is 0 Å². The van der Waals surface area contributed by atoms with E-state index >= 15 is 0 Å². The van der Waals surface area contributed by atoms with Gasteiger partial charge in [0.15, 0.2) is 0 Å². The van der Waals surface area contributed by atoms with Crippen molar-refractivity contribution in [2.45, 2.75) is 26.9 Å². The standard InChI is InChI=1S/C18H21NO/c1-4-5-15-11-17(19)8-9-18(15)20-12-16-10-13(2)6-7-14(16)3/h4,6-11H,1,5,12,19H2,2-3H3. The molecule has 0 bridgehead atoms. The zero-order valence-corrected chi connectivity index (χ0v) is 12.1. The molecule has 0 aromatic heterocycles. The summed E-state index contributed by atoms with van der Waals surface area (Å²) in [4.78, 5) is 0. The zero-order chi connectivity index (χ0) is 14.5. The van der Waals surface area contributed by atoms with Gasteiger partial charge in [0.2, 0.25) is 0 Å². The fourth-order valence-corrected chi connectivity index (χ4v) is 2.17. The summed E-state index contributed by atoms with van der Waals surface area (Å²) < 4.78 is 5.96. The van der Waals surface area contributed by atoms with Crippen LogP contribution in [0.15, 0.2) is 49.1 Å². The summed E-state index contributed by atoms with van der Waals surface area (Å²) in [6.07, 6.45) is 2.62. The summed E-state index contributed by atoms with van der Waals surface area (Å²) in [6.45, 7) is 8.54. The van der Waals surface area contributed by atoms with Crippen molar-refractivity contribution >= 4 is 5.69 Å². The number of ether oxygens (including phenoxy) is 1. The lowest BCUT2D eigenvalue weighted by molar-refractivity contribution is 0.302. The molecule has 104 valence electrons. The first kappa shape index (κ1) is 14.2. The predicted octanol–water partition coefficient (Wildman–Crippen LogP) is 4.19. The molecule has 0 saturated heterocycles. The van der Waals surface area contributed by atoms with Gasteiger partial charge in [0, 0.05) is 5.69 Å². The van der Waals surface area contributed by atoms with Crippen LogP contribution in [0.25, 0.3) is 0 Å². The first-order valence-electron chi connectivity index (χ1n) is 6.78. The van der Waals surface area contributed by atoms with Crippen LogP contribution in [0.4, 0.5) is 5.69 Å². The van der Waals surface area contributed by atoms with Crippen molar-refractivity contribution in [3.63, 3.8) is 0 Å². The smallest absolute Gasteiger partial charge is 0.123 e. The number of aryl methyl sites for hydroxylation is 2. The second-order valence-electron chi connectivity index (χ2n) is 5.08. The SMILES string of the molecule is C=CCc1cc(N)ccc1OCc1cc(C)ccc1C. The van der Waals surface area contributed by atoms with Crippen LogP contribution >= 0.6 is 0 Å². The lowest BCUT2D eigenvalue weighted by Gasteiger charge is -2.13. The molecule has 0 spiro atoms. The molecule has 0 atom stereocenters. The topological polar surface area (TPSA) is 35.2 Å². The first-order valence-corrected chi connectivity index (χ1v) is 6.78. The summed E-state index contributed by atoms with van der Waals surface area (Å²) in [6, 6.07) is 12.1. The Kier molecular flexibility index (Phi) is 4.46. The highest BCUT2D eigenvalue weighted by Crippen LogP contribution is 2.24. The van der Waals surface area contributed by atoms with Crippen molar-refractivity contribution < 1.29 is 4.74 Å². The Labute approximate surface area is 120 Å². The highest BCUT2D eigenvalue weighted by molar-refractivity contribution is 5.48. The number of benzene rings is 2. The van der Waals surface area contributed by atoms with E-state index in [1.165, 1.54) is 16.7 Å². The molecule has 2 aromatic rings. The summed E-state index contributed by atoms with van der Waals surface area (Å²) >= 11 is 0.